The normalized spacial score (nSPS) is 22.3. The minimum atomic E-state index is -3.23. The Labute approximate surface area is 136 Å². The summed E-state index contributed by atoms with van der Waals surface area (Å²) < 4.78 is 52.9. The number of rotatable bonds is 6. The minimum absolute atomic E-state index is 0.0128. The van der Waals surface area contributed by atoms with Crippen LogP contribution in [0.4, 0.5) is 14.5 Å². The molecule has 1 aromatic rings. The van der Waals surface area contributed by atoms with Gasteiger partial charge in [-0.3, -0.25) is 0 Å². The Hall–Kier alpha value is -1.21. The lowest BCUT2D eigenvalue weighted by Gasteiger charge is -2.29. The molecular formula is C16H24F2N2O2S. The molecule has 1 aliphatic carbocycles. The molecule has 4 nitrogen and oxygen atoms in total. The first kappa shape index (κ1) is 18.1. The van der Waals surface area contributed by atoms with Gasteiger partial charge in [-0.05, 0) is 57.6 Å². The number of sulfonamides is 1. The molecule has 0 radical (unpaired) electrons. The molecule has 0 bridgehead atoms. The Morgan fingerprint density at radius 1 is 1.17 bits per heavy atom. The van der Waals surface area contributed by atoms with E-state index in [9.17, 15) is 17.2 Å². The van der Waals surface area contributed by atoms with E-state index in [1.165, 1.54) is 12.1 Å². The molecule has 0 spiro atoms. The van der Waals surface area contributed by atoms with Crippen LogP contribution in [0.3, 0.4) is 0 Å². The molecule has 130 valence electrons. The Balaban J connectivity index is 1.79. The summed E-state index contributed by atoms with van der Waals surface area (Å²) in [7, 11) is -3.23. The molecule has 0 unspecified atom stereocenters. The van der Waals surface area contributed by atoms with Crippen molar-refractivity contribution in [3.63, 3.8) is 0 Å². The van der Waals surface area contributed by atoms with Gasteiger partial charge in [0.1, 0.15) is 11.6 Å². The van der Waals surface area contributed by atoms with Crippen LogP contribution in [-0.4, -0.2) is 26.3 Å². The Morgan fingerprint density at radius 3 is 2.39 bits per heavy atom. The number of halogens is 2. The number of anilines is 1. The summed E-state index contributed by atoms with van der Waals surface area (Å²) in [5, 5.41) is 2.58. The first-order chi connectivity index (χ1) is 10.8. The van der Waals surface area contributed by atoms with Gasteiger partial charge in [0.05, 0.1) is 10.9 Å². The molecule has 2 N–H and O–H groups in total. The quantitative estimate of drug-likeness (QED) is 0.831. The van der Waals surface area contributed by atoms with Crippen LogP contribution in [0.5, 0.6) is 0 Å². The number of benzene rings is 1. The van der Waals surface area contributed by atoms with Crippen LogP contribution in [-0.2, 0) is 10.0 Å². The van der Waals surface area contributed by atoms with Gasteiger partial charge in [0.25, 0.3) is 0 Å². The Kier molecular flexibility index (Phi) is 5.97. The van der Waals surface area contributed by atoms with Gasteiger partial charge < -0.3 is 5.32 Å². The van der Waals surface area contributed by atoms with Crippen molar-refractivity contribution >= 4 is 15.7 Å². The van der Waals surface area contributed by atoms with Crippen molar-refractivity contribution in [2.24, 2.45) is 5.92 Å². The maximum absolute atomic E-state index is 13.5. The van der Waals surface area contributed by atoms with E-state index < -0.39 is 26.9 Å². The molecule has 0 saturated heterocycles. The fourth-order valence-corrected chi connectivity index (χ4v) is 3.71. The van der Waals surface area contributed by atoms with E-state index in [4.69, 9.17) is 0 Å². The lowest BCUT2D eigenvalue weighted by Crippen LogP contribution is -2.41. The van der Waals surface area contributed by atoms with Crippen LogP contribution in [0, 0.1) is 17.6 Å². The molecule has 1 fully saturated rings. The molecule has 0 aliphatic heterocycles. The lowest BCUT2D eigenvalue weighted by atomic mass is 9.86. The summed E-state index contributed by atoms with van der Waals surface area (Å²) in [5.41, 5.74) is 0.300. The van der Waals surface area contributed by atoms with Crippen LogP contribution >= 0.6 is 0 Å². The monoisotopic (exact) mass is 346 g/mol. The third-order valence-corrected chi connectivity index (χ3v) is 6.21. The molecule has 7 heteroatoms. The number of nitrogens with one attached hydrogen (secondary N) is 2. The van der Waals surface area contributed by atoms with E-state index in [-0.39, 0.29) is 6.04 Å². The molecule has 0 amide bonds. The smallest absolute Gasteiger partial charge is 0.214 e. The van der Waals surface area contributed by atoms with E-state index in [0.29, 0.717) is 18.2 Å². The highest BCUT2D eigenvalue weighted by Crippen LogP contribution is 2.26. The molecule has 23 heavy (non-hydrogen) atoms. The number of hydrogen-bond donors (Lipinski definition) is 2. The summed E-state index contributed by atoms with van der Waals surface area (Å²) in [6, 6.07) is 3.47. The van der Waals surface area contributed by atoms with Crippen LogP contribution in [0.25, 0.3) is 0 Å². The van der Waals surface area contributed by atoms with Gasteiger partial charge in [0, 0.05) is 18.7 Å². The zero-order valence-electron chi connectivity index (χ0n) is 13.5. The molecular weight excluding hydrogens is 322 g/mol. The molecule has 0 heterocycles. The summed E-state index contributed by atoms with van der Waals surface area (Å²) in [6.45, 7) is 3.93. The van der Waals surface area contributed by atoms with Gasteiger partial charge in [-0.15, -0.1) is 0 Å². The van der Waals surface area contributed by atoms with Crippen molar-refractivity contribution in [1.82, 2.24) is 4.72 Å². The lowest BCUT2D eigenvalue weighted by molar-refractivity contribution is 0.323. The van der Waals surface area contributed by atoms with Gasteiger partial charge in [-0.2, -0.15) is 0 Å². The summed E-state index contributed by atoms with van der Waals surface area (Å²) in [6.07, 6.45) is 3.32. The zero-order valence-corrected chi connectivity index (χ0v) is 14.3. The highest BCUT2D eigenvalue weighted by atomic mass is 32.2. The fraction of sp³-hybridized carbons (Fsp3) is 0.625. The first-order valence-electron chi connectivity index (χ1n) is 7.98. The van der Waals surface area contributed by atoms with Gasteiger partial charge in [0.15, 0.2) is 0 Å². The Bertz CT molecular complexity index is 627. The van der Waals surface area contributed by atoms with E-state index >= 15 is 0 Å². The molecule has 2 rings (SSSR count). The maximum Gasteiger partial charge on any atom is 0.214 e. The van der Waals surface area contributed by atoms with Crippen LogP contribution in [0.15, 0.2) is 18.2 Å². The second kappa shape index (κ2) is 7.57. The third kappa shape index (κ3) is 5.14. The summed E-state index contributed by atoms with van der Waals surface area (Å²) >= 11 is 0. The predicted molar refractivity (Wildman–Crippen MR) is 87.8 cm³/mol. The van der Waals surface area contributed by atoms with E-state index in [1.807, 2.05) is 0 Å². The predicted octanol–water partition coefficient (Wildman–Crippen LogP) is 3.26. The average molecular weight is 346 g/mol. The summed E-state index contributed by atoms with van der Waals surface area (Å²) in [5.74, 6) is -0.825. The average Bonchev–Trinajstić information content (AvgIpc) is 2.47. The van der Waals surface area contributed by atoms with Crippen LogP contribution < -0.4 is 10.0 Å². The molecule has 1 saturated carbocycles. The highest BCUT2D eigenvalue weighted by Gasteiger charge is 2.26. The second-order valence-electron chi connectivity index (χ2n) is 6.43. The van der Waals surface area contributed by atoms with Gasteiger partial charge >= 0.3 is 0 Å². The van der Waals surface area contributed by atoms with Crippen molar-refractivity contribution < 1.29 is 17.2 Å². The Morgan fingerprint density at radius 2 is 1.83 bits per heavy atom. The highest BCUT2D eigenvalue weighted by molar-refractivity contribution is 7.90. The molecule has 1 aromatic carbocycles. The second-order valence-corrected chi connectivity index (χ2v) is 8.70. The summed E-state index contributed by atoms with van der Waals surface area (Å²) in [4.78, 5) is 0. The van der Waals surface area contributed by atoms with Crippen molar-refractivity contribution in [3.05, 3.63) is 29.8 Å². The van der Waals surface area contributed by atoms with Crippen molar-refractivity contribution in [3.8, 4) is 0 Å². The topological polar surface area (TPSA) is 58.2 Å². The SMILES string of the molecule is CC(C)S(=O)(=O)N[C@H]1CC[C@H](CNc2ccc(F)cc2F)CC1. The van der Waals surface area contributed by atoms with Gasteiger partial charge in [-0.25, -0.2) is 21.9 Å². The number of hydrogen-bond acceptors (Lipinski definition) is 3. The van der Waals surface area contributed by atoms with Crippen molar-refractivity contribution in [2.75, 3.05) is 11.9 Å². The van der Waals surface area contributed by atoms with E-state index in [0.717, 1.165) is 31.7 Å². The standard InChI is InChI=1S/C16H24F2N2O2S/c1-11(2)23(21,22)20-14-6-3-12(4-7-14)10-19-16-8-5-13(17)9-15(16)18/h5,8-9,11-12,14,19-20H,3-4,6-7,10H2,1-2H3/t12-,14-. The van der Waals surface area contributed by atoms with Gasteiger partial charge in [0.2, 0.25) is 10.0 Å². The largest absolute Gasteiger partial charge is 0.382 e. The first-order valence-corrected chi connectivity index (χ1v) is 9.52. The van der Waals surface area contributed by atoms with E-state index in [2.05, 4.69) is 10.0 Å². The van der Waals surface area contributed by atoms with Crippen LogP contribution in [0.1, 0.15) is 39.5 Å². The third-order valence-electron chi connectivity index (χ3n) is 4.31. The zero-order chi connectivity index (χ0) is 17.0. The molecule has 0 atom stereocenters. The molecule has 0 aromatic heterocycles. The molecule has 1 aliphatic rings. The minimum Gasteiger partial charge on any atom is -0.382 e. The fourth-order valence-electron chi connectivity index (χ4n) is 2.74. The van der Waals surface area contributed by atoms with Crippen molar-refractivity contribution in [2.45, 2.75) is 50.8 Å². The van der Waals surface area contributed by atoms with E-state index in [1.54, 1.807) is 13.8 Å². The maximum atomic E-state index is 13.5. The van der Waals surface area contributed by atoms with Crippen LogP contribution in [0.2, 0.25) is 0 Å². The van der Waals surface area contributed by atoms with Gasteiger partial charge in [-0.1, -0.05) is 0 Å². The van der Waals surface area contributed by atoms with Crippen molar-refractivity contribution in [1.29, 1.82) is 0 Å².